The van der Waals surface area contributed by atoms with Crippen molar-refractivity contribution in [1.29, 1.82) is 0 Å². The van der Waals surface area contributed by atoms with Crippen LogP contribution in [0.4, 0.5) is 0 Å². The van der Waals surface area contributed by atoms with Gasteiger partial charge in [-0.1, -0.05) is 6.58 Å². The molecule has 66 valence electrons. The molecule has 0 bridgehead atoms. The summed E-state index contributed by atoms with van der Waals surface area (Å²) in [4.78, 5) is 14.5. The van der Waals surface area contributed by atoms with Gasteiger partial charge >= 0.3 is 5.97 Å². The van der Waals surface area contributed by atoms with Crippen LogP contribution in [0.5, 0.6) is 0 Å². The summed E-state index contributed by atoms with van der Waals surface area (Å²) in [6, 6.07) is 0. The molecule has 1 N–H and O–H groups in total. The molecule has 0 spiro atoms. The Kier molecular flexibility index (Phi) is 4.45. The maximum absolute atomic E-state index is 10.9. The van der Waals surface area contributed by atoms with E-state index in [4.69, 9.17) is 5.11 Å². The third kappa shape index (κ3) is 3.01. The van der Waals surface area contributed by atoms with Crippen LogP contribution in [-0.4, -0.2) is 24.4 Å². The standard InChI is InChI=1S/C8H11NO3/c1-4-9-5-7(6(2)10)8(11)12-3/h4-5,10H,1H2,2-3H3/b7-6+,9-5?. The van der Waals surface area contributed by atoms with Crippen molar-refractivity contribution in [2.45, 2.75) is 6.92 Å². The summed E-state index contributed by atoms with van der Waals surface area (Å²) < 4.78 is 4.39. The number of hydrogen-bond acceptors (Lipinski definition) is 4. The van der Waals surface area contributed by atoms with Crippen LogP contribution in [0, 0.1) is 0 Å². The molecule has 0 unspecified atom stereocenters. The molecule has 12 heavy (non-hydrogen) atoms. The van der Waals surface area contributed by atoms with E-state index >= 15 is 0 Å². The molecule has 0 atom stereocenters. The second-order valence-electron chi connectivity index (χ2n) is 1.95. The van der Waals surface area contributed by atoms with E-state index in [2.05, 4.69) is 16.3 Å². The fourth-order valence-electron chi connectivity index (χ4n) is 0.531. The number of esters is 1. The number of nitrogens with zero attached hydrogens (tertiary/aromatic N) is 1. The van der Waals surface area contributed by atoms with Gasteiger partial charge in [0.1, 0.15) is 11.3 Å². The van der Waals surface area contributed by atoms with Crippen LogP contribution in [0.3, 0.4) is 0 Å². The summed E-state index contributed by atoms with van der Waals surface area (Å²) in [6.45, 7) is 4.70. The summed E-state index contributed by atoms with van der Waals surface area (Å²) in [6.07, 6.45) is 2.44. The molecule has 0 heterocycles. The summed E-state index contributed by atoms with van der Waals surface area (Å²) in [5.74, 6) is -0.756. The van der Waals surface area contributed by atoms with Gasteiger partial charge in [0.15, 0.2) is 0 Å². The number of methoxy groups -OCH3 is 1. The van der Waals surface area contributed by atoms with Crippen molar-refractivity contribution in [3.05, 3.63) is 24.1 Å². The van der Waals surface area contributed by atoms with Crippen molar-refractivity contribution in [3.63, 3.8) is 0 Å². The largest absolute Gasteiger partial charge is 0.512 e. The van der Waals surface area contributed by atoms with E-state index in [1.54, 1.807) is 0 Å². The van der Waals surface area contributed by atoms with Gasteiger partial charge in [-0.3, -0.25) is 4.99 Å². The number of aliphatic hydroxyl groups excluding tert-OH is 1. The van der Waals surface area contributed by atoms with Gasteiger partial charge in [0.05, 0.1) is 7.11 Å². The first-order valence-corrected chi connectivity index (χ1v) is 3.25. The molecule has 0 aromatic carbocycles. The summed E-state index contributed by atoms with van der Waals surface area (Å²) in [7, 11) is 1.23. The van der Waals surface area contributed by atoms with Gasteiger partial charge in [0.2, 0.25) is 0 Å². The van der Waals surface area contributed by atoms with Crippen molar-refractivity contribution >= 4 is 12.2 Å². The predicted molar refractivity (Wildman–Crippen MR) is 46.0 cm³/mol. The molecule has 0 radical (unpaired) electrons. The molecule has 0 rings (SSSR count). The van der Waals surface area contributed by atoms with Crippen molar-refractivity contribution in [2.75, 3.05) is 7.11 Å². The van der Waals surface area contributed by atoms with Crippen LogP contribution in [-0.2, 0) is 9.53 Å². The number of aliphatic hydroxyl groups is 1. The fourth-order valence-corrected chi connectivity index (χ4v) is 0.531. The Morgan fingerprint density at radius 2 is 2.25 bits per heavy atom. The predicted octanol–water partition coefficient (Wildman–Crippen LogP) is 1.21. The molecule has 4 heteroatoms. The number of carbonyl (C=O) groups is 1. The number of ether oxygens (including phenoxy) is 1. The third-order valence-corrected chi connectivity index (χ3v) is 1.10. The normalized spacial score (nSPS) is 12.5. The highest BCUT2D eigenvalue weighted by atomic mass is 16.5. The van der Waals surface area contributed by atoms with Gasteiger partial charge in [0, 0.05) is 12.4 Å². The maximum atomic E-state index is 10.9. The average Bonchev–Trinajstić information content (AvgIpc) is 2.04. The van der Waals surface area contributed by atoms with Gasteiger partial charge in [-0.2, -0.15) is 0 Å². The van der Waals surface area contributed by atoms with E-state index in [0.29, 0.717) is 0 Å². The molecule has 0 aromatic heterocycles. The lowest BCUT2D eigenvalue weighted by atomic mass is 10.2. The van der Waals surface area contributed by atoms with E-state index in [9.17, 15) is 4.79 Å². The molecule has 0 saturated carbocycles. The molecular weight excluding hydrogens is 158 g/mol. The van der Waals surface area contributed by atoms with Crippen LogP contribution < -0.4 is 0 Å². The molecule has 0 aliphatic heterocycles. The topological polar surface area (TPSA) is 58.9 Å². The third-order valence-electron chi connectivity index (χ3n) is 1.10. The number of rotatable bonds is 3. The monoisotopic (exact) mass is 169 g/mol. The minimum atomic E-state index is -0.624. The van der Waals surface area contributed by atoms with Crippen molar-refractivity contribution in [1.82, 2.24) is 0 Å². The molecular formula is C8H11NO3. The number of aliphatic imine (C=N–C) groups is 1. The smallest absolute Gasteiger partial charge is 0.342 e. The Balaban J connectivity index is 4.70. The molecule has 0 aliphatic carbocycles. The lowest BCUT2D eigenvalue weighted by Crippen LogP contribution is -2.08. The van der Waals surface area contributed by atoms with Crippen molar-refractivity contribution in [2.24, 2.45) is 4.99 Å². The molecule has 0 amide bonds. The first kappa shape index (κ1) is 10.4. The highest BCUT2D eigenvalue weighted by molar-refractivity contribution is 6.09. The van der Waals surface area contributed by atoms with Crippen molar-refractivity contribution in [3.8, 4) is 0 Å². The zero-order chi connectivity index (χ0) is 9.56. The summed E-state index contributed by atoms with van der Waals surface area (Å²) in [5.41, 5.74) is 0.0254. The van der Waals surface area contributed by atoms with Crippen LogP contribution >= 0.6 is 0 Å². The van der Waals surface area contributed by atoms with Gasteiger partial charge < -0.3 is 9.84 Å². The maximum Gasteiger partial charge on any atom is 0.342 e. The Labute approximate surface area is 70.9 Å². The van der Waals surface area contributed by atoms with Crippen LogP contribution in [0.15, 0.2) is 29.1 Å². The SMILES string of the molecule is C=CN=C/C(C(=O)OC)=C(/C)O. The second kappa shape index (κ2) is 5.12. The lowest BCUT2D eigenvalue weighted by Gasteiger charge is -1.99. The van der Waals surface area contributed by atoms with E-state index in [-0.39, 0.29) is 11.3 Å². The van der Waals surface area contributed by atoms with E-state index in [1.165, 1.54) is 26.4 Å². The Bertz CT molecular complexity index is 237. The van der Waals surface area contributed by atoms with Crippen molar-refractivity contribution < 1.29 is 14.6 Å². The van der Waals surface area contributed by atoms with Gasteiger partial charge in [-0.15, -0.1) is 0 Å². The van der Waals surface area contributed by atoms with Gasteiger partial charge in [-0.25, -0.2) is 4.79 Å². The Hall–Kier alpha value is -1.58. The highest BCUT2D eigenvalue weighted by Crippen LogP contribution is 2.00. The fraction of sp³-hybridized carbons (Fsp3) is 0.250. The van der Waals surface area contributed by atoms with E-state index in [0.717, 1.165) is 0 Å². The Morgan fingerprint density at radius 1 is 1.67 bits per heavy atom. The van der Waals surface area contributed by atoms with Gasteiger partial charge in [0.25, 0.3) is 0 Å². The zero-order valence-electron chi connectivity index (χ0n) is 7.07. The summed E-state index contributed by atoms with van der Waals surface area (Å²) in [5, 5.41) is 8.99. The number of hydrogen-bond donors (Lipinski definition) is 1. The minimum absolute atomic E-state index is 0.0254. The van der Waals surface area contributed by atoms with E-state index in [1.807, 2.05) is 0 Å². The van der Waals surface area contributed by atoms with E-state index < -0.39 is 5.97 Å². The highest BCUT2D eigenvalue weighted by Gasteiger charge is 2.09. The summed E-state index contributed by atoms with van der Waals surface area (Å²) >= 11 is 0. The quantitative estimate of drug-likeness (QED) is 0.299. The molecule has 0 saturated heterocycles. The molecule has 0 aromatic rings. The second-order valence-corrected chi connectivity index (χ2v) is 1.95. The first-order chi connectivity index (χ1) is 5.63. The Morgan fingerprint density at radius 3 is 2.58 bits per heavy atom. The minimum Gasteiger partial charge on any atom is -0.512 e. The lowest BCUT2D eigenvalue weighted by molar-refractivity contribution is -0.135. The molecule has 4 nitrogen and oxygen atoms in total. The first-order valence-electron chi connectivity index (χ1n) is 3.25. The van der Waals surface area contributed by atoms with Crippen LogP contribution in [0.2, 0.25) is 0 Å². The van der Waals surface area contributed by atoms with Crippen LogP contribution in [0.1, 0.15) is 6.92 Å². The van der Waals surface area contributed by atoms with Crippen LogP contribution in [0.25, 0.3) is 0 Å². The number of carbonyl (C=O) groups excluding carboxylic acids is 1. The van der Waals surface area contributed by atoms with Gasteiger partial charge in [-0.05, 0) is 6.92 Å². The average molecular weight is 169 g/mol. The zero-order valence-corrected chi connectivity index (χ0v) is 7.07. The number of allylic oxidation sites excluding steroid dienone is 1. The molecule has 0 aliphatic rings. The molecule has 0 fully saturated rings.